The van der Waals surface area contributed by atoms with Crippen LogP contribution in [0.25, 0.3) is 0 Å². The van der Waals surface area contributed by atoms with E-state index in [0.717, 1.165) is 5.69 Å². The quantitative estimate of drug-likeness (QED) is 0.893. The van der Waals surface area contributed by atoms with E-state index in [1.54, 1.807) is 19.1 Å². The molecule has 0 radical (unpaired) electrons. The lowest BCUT2D eigenvalue weighted by Gasteiger charge is -2.30. The largest absolute Gasteiger partial charge is 0.481 e. The van der Waals surface area contributed by atoms with Crippen molar-refractivity contribution in [3.63, 3.8) is 0 Å². The van der Waals surface area contributed by atoms with Crippen LogP contribution in [0.2, 0.25) is 10.0 Å². The van der Waals surface area contributed by atoms with Gasteiger partial charge in [-0.2, -0.15) is 0 Å². The molecule has 0 aliphatic heterocycles. The first-order valence-electron chi connectivity index (χ1n) is 5.77. The number of nitrogens with zero attached hydrogens (tertiary/aromatic N) is 1. The first kappa shape index (κ1) is 15.1. The van der Waals surface area contributed by atoms with Gasteiger partial charge in [-0.05, 0) is 32.0 Å². The Morgan fingerprint density at radius 3 is 2.33 bits per heavy atom. The van der Waals surface area contributed by atoms with Crippen molar-refractivity contribution in [2.24, 2.45) is 5.92 Å². The number of aliphatic carboxylic acids is 1. The Hall–Kier alpha value is -0.930. The minimum absolute atomic E-state index is 0.184. The van der Waals surface area contributed by atoms with Crippen molar-refractivity contribution in [1.29, 1.82) is 0 Å². The van der Waals surface area contributed by atoms with Crippen molar-refractivity contribution in [3.8, 4) is 0 Å². The minimum Gasteiger partial charge on any atom is -0.481 e. The van der Waals surface area contributed by atoms with Gasteiger partial charge in [0.25, 0.3) is 0 Å². The van der Waals surface area contributed by atoms with E-state index in [9.17, 15) is 4.79 Å². The Morgan fingerprint density at radius 1 is 1.28 bits per heavy atom. The van der Waals surface area contributed by atoms with Crippen LogP contribution in [0.1, 0.15) is 20.8 Å². The molecule has 1 N–H and O–H groups in total. The zero-order valence-electron chi connectivity index (χ0n) is 10.7. The molecule has 1 aromatic rings. The van der Waals surface area contributed by atoms with E-state index in [1.807, 2.05) is 24.8 Å². The molecule has 0 aliphatic carbocycles. The summed E-state index contributed by atoms with van der Waals surface area (Å²) in [6.45, 7) is 6.15. The van der Waals surface area contributed by atoms with E-state index in [0.29, 0.717) is 16.6 Å². The number of hydrogen-bond acceptors (Lipinski definition) is 2. The molecular formula is C13H17Cl2NO2. The molecule has 0 saturated heterocycles. The predicted molar refractivity (Wildman–Crippen MR) is 75.7 cm³/mol. The highest BCUT2D eigenvalue weighted by molar-refractivity contribution is 6.42. The van der Waals surface area contributed by atoms with E-state index in [1.165, 1.54) is 0 Å². The number of carbonyl (C=O) groups is 1. The molecule has 0 saturated carbocycles. The smallest absolute Gasteiger partial charge is 0.308 e. The maximum atomic E-state index is 10.9. The van der Waals surface area contributed by atoms with Crippen molar-refractivity contribution >= 4 is 34.9 Å². The summed E-state index contributed by atoms with van der Waals surface area (Å²) in [7, 11) is 0. The molecular weight excluding hydrogens is 273 g/mol. The molecule has 0 amide bonds. The van der Waals surface area contributed by atoms with Gasteiger partial charge in [0.1, 0.15) is 0 Å². The van der Waals surface area contributed by atoms with Crippen molar-refractivity contribution in [2.75, 3.05) is 11.4 Å². The molecule has 5 heteroatoms. The Kier molecular flexibility index (Phi) is 5.29. The van der Waals surface area contributed by atoms with Gasteiger partial charge in [0.2, 0.25) is 0 Å². The molecule has 1 aromatic carbocycles. The molecule has 0 aromatic heterocycles. The van der Waals surface area contributed by atoms with Crippen LogP contribution in [-0.2, 0) is 4.79 Å². The van der Waals surface area contributed by atoms with Gasteiger partial charge in [0.05, 0.1) is 16.0 Å². The first-order valence-corrected chi connectivity index (χ1v) is 6.53. The lowest BCUT2D eigenvalue weighted by molar-refractivity contribution is -0.140. The van der Waals surface area contributed by atoms with E-state index < -0.39 is 11.9 Å². The maximum absolute atomic E-state index is 10.9. The molecule has 1 atom stereocenters. The lowest BCUT2D eigenvalue weighted by Crippen LogP contribution is -2.37. The summed E-state index contributed by atoms with van der Waals surface area (Å²) >= 11 is 11.9. The third-order valence-corrected chi connectivity index (χ3v) is 3.49. The molecule has 0 aliphatic rings. The first-order chi connectivity index (χ1) is 8.32. The van der Waals surface area contributed by atoms with Crippen LogP contribution in [0.4, 0.5) is 5.69 Å². The van der Waals surface area contributed by atoms with Crippen LogP contribution in [0.15, 0.2) is 18.2 Å². The van der Waals surface area contributed by atoms with Crippen molar-refractivity contribution in [3.05, 3.63) is 28.2 Å². The highest BCUT2D eigenvalue weighted by Gasteiger charge is 2.19. The second-order valence-corrected chi connectivity index (χ2v) is 5.40. The Morgan fingerprint density at radius 2 is 1.89 bits per heavy atom. The fraction of sp³-hybridized carbons (Fsp3) is 0.462. The number of anilines is 1. The Labute approximate surface area is 117 Å². The third kappa shape index (κ3) is 3.79. The molecule has 1 unspecified atom stereocenters. The van der Waals surface area contributed by atoms with Crippen molar-refractivity contribution in [2.45, 2.75) is 26.8 Å². The van der Waals surface area contributed by atoms with Crippen LogP contribution >= 0.6 is 23.2 Å². The monoisotopic (exact) mass is 289 g/mol. The number of hydrogen-bond donors (Lipinski definition) is 1. The van der Waals surface area contributed by atoms with Gasteiger partial charge in [-0.1, -0.05) is 30.1 Å². The van der Waals surface area contributed by atoms with E-state index in [-0.39, 0.29) is 6.04 Å². The summed E-state index contributed by atoms with van der Waals surface area (Å²) in [6, 6.07) is 5.52. The summed E-state index contributed by atoms with van der Waals surface area (Å²) in [5.41, 5.74) is 0.882. The van der Waals surface area contributed by atoms with E-state index in [2.05, 4.69) is 0 Å². The van der Waals surface area contributed by atoms with Crippen molar-refractivity contribution in [1.82, 2.24) is 0 Å². The van der Waals surface area contributed by atoms with Crippen LogP contribution < -0.4 is 4.90 Å². The van der Waals surface area contributed by atoms with Gasteiger partial charge < -0.3 is 10.0 Å². The average molecular weight is 290 g/mol. The summed E-state index contributed by atoms with van der Waals surface area (Å²) in [5, 5.41) is 9.95. The van der Waals surface area contributed by atoms with Crippen LogP contribution in [0.5, 0.6) is 0 Å². The zero-order chi connectivity index (χ0) is 13.9. The normalized spacial score (nSPS) is 12.6. The molecule has 1 rings (SSSR count). The van der Waals surface area contributed by atoms with E-state index >= 15 is 0 Å². The molecule has 0 heterocycles. The highest BCUT2D eigenvalue weighted by Crippen LogP contribution is 2.28. The number of carboxylic acid groups (broad SMARTS) is 1. The van der Waals surface area contributed by atoms with Gasteiger partial charge in [0, 0.05) is 18.3 Å². The summed E-state index contributed by atoms with van der Waals surface area (Å²) in [6.07, 6.45) is 0. The molecule has 18 heavy (non-hydrogen) atoms. The van der Waals surface area contributed by atoms with Gasteiger partial charge in [-0.15, -0.1) is 0 Å². The molecule has 100 valence electrons. The minimum atomic E-state index is -0.805. The number of rotatable bonds is 5. The molecule has 0 bridgehead atoms. The molecule has 3 nitrogen and oxygen atoms in total. The van der Waals surface area contributed by atoms with Crippen molar-refractivity contribution < 1.29 is 9.90 Å². The zero-order valence-corrected chi connectivity index (χ0v) is 12.2. The SMILES string of the molecule is CC(CN(c1ccc(Cl)c(Cl)c1)C(C)C)C(=O)O. The van der Waals surface area contributed by atoms with Gasteiger partial charge in [-0.25, -0.2) is 0 Å². The fourth-order valence-electron chi connectivity index (χ4n) is 1.65. The standard InChI is InChI=1S/C13H17Cl2NO2/c1-8(2)16(7-9(3)13(17)18)10-4-5-11(14)12(15)6-10/h4-6,8-9H,7H2,1-3H3,(H,17,18). The number of benzene rings is 1. The van der Waals surface area contributed by atoms with Crippen LogP contribution in [0, 0.1) is 5.92 Å². The maximum Gasteiger partial charge on any atom is 0.308 e. The van der Waals surface area contributed by atoms with Gasteiger partial charge in [-0.3, -0.25) is 4.79 Å². The topological polar surface area (TPSA) is 40.5 Å². The van der Waals surface area contributed by atoms with Gasteiger partial charge >= 0.3 is 5.97 Å². The second kappa shape index (κ2) is 6.30. The second-order valence-electron chi connectivity index (χ2n) is 4.58. The Balaban J connectivity index is 2.97. The fourth-order valence-corrected chi connectivity index (χ4v) is 1.94. The third-order valence-electron chi connectivity index (χ3n) is 2.75. The average Bonchev–Trinajstić information content (AvgIpc) is 2.29. The molecule has 0 fully saturated rings. The van der Waals surface area contributed by atoms with Gasteiger partial charge in [0.15, 0.2) is 0 Å². The highest BCUT2D eigenvalue weighted by atomic mass is 35.5. The number of halogens is 2. The lowest BCUT2D eigenvalue weighted by atomic mass is 10.1. The molecule has 0 spiro atoms. The van der Waals surface area contributed by atoms with E-state index in [4.69, 9.17) is 28.3 Å². The van der Waals surface area contributed by atoms with Crippen LogP contribution in [0.3, 0.4) is 0 Å². The predicted octanol–water partition coefficient (Wildman–Crippen LogP) is 3.93. The number of carboxylic acids is 1. The van der Waals surface area contributed by atoms with Crippen LogP contribution in [-0.4, -0.2) is 23.7 Å². The summed E-state index contributed by atoms with van der Waals surface area (Å²) in [5.74, 6) is -1.25. The summed E-state index contributed by atoms with van der Waals surface area (Å²) < 4.78 is 0. The Bertz CT molecular complexity index is 435. The summed E-state index contributed by atoms with van der Waals surface area (Å²) in [4.78, 5) is 12.9.